The molecule has 3 atom stereocenters. The van der Waals surface area contributed by atoms with Crippen LogP contribution in [-0.2, 0) is 9.47 Å². The Balaban J connectivity index is 1.76. The average Bonchev–Trinajstić information content (AvgIpc) is 2.77. The van der Waals surface area contributed by atoms with Crippen LogP contribution in [-0.4, -0.2) is 63.0 Å². The van der Waals surface area contributed by atoms with Gasteiger partial charge in [-0.05, 0) is 46.2 Å². The molecule has 0 spiro atoms. The van der Waals surface area contributed by atoms with Gasteiger partial charge in [0, 0.05) is 26.7 Å². The highest BCUT2D eigenvalue weighted by Crippen LogP contribution is 2.26. The molecule has 0 saturated carbocycles. The Morgan fingerprint density at radius 3 is 2.89 bits per heavy atom. The summed E-state index contributed by atoms with van der Waals surface area (Å²) in [6, 6.07) is 0. The van der Waals surface area contributed by atoms with Crippen LogP contribution in [0.5, 0.6) is 0 Å². The number of nitrogens with one attached hydrogen (secondary N) is 1. The maximum Gasteiger partial charge on any atom is 0.0777 e. The number of rotatable bonds is 5. The summed E-state index contributed by atoms with van der Waals surface area (Å²) in [5, 5.41) is 3.20. The quantitative estimate of drug-likeness (QED) is 0.803. The molecule has 0 radical (unpaired) electrons. The standard InChI is InChI=1S/C14H28N2O2/c1-14(17-3)7-4-8-16(11-14)10-13-6-5-12(18-13)9-15-2/h12-13,15H,4-11H2,1-3H3. The fraction of sp³-hybridized carbons (Fsp3) is 1.00. The fourth-order valence-corrected chi connectivity index (χ4v) is 3.21. The van der Waals surface area contributed by atoms with Crippen molar-refractivity contribution in [3.8, 4) is 0 Å². The van der Waals surface area contributed by atoms with Crippen LogP contribution in [0, 0.1) is 0 Å². The zero-order valence-corrected chi connectivity index (χ0v) is 12.1. The maximum atomic E-state index is 6.06. The first-order chi connectivity index (χ1) is 8.65. The van der Waals surface area contributed by atoms with E-state index in [1.807, 2.05) is 14.2 Å². The topological polar surface area (TPSA) is 33.7 Å². The average molecular weight is 256 g/mol. The van der Waals surface area contributed by atoms with E-state index in [2.05, 4.69) is 17.1 Å². The van der Waals surface area contributed by atoms with E-state index in [0.29, 0.717) is 12.2 Å². The molecular formula is C14H28N2O2. The molecule has 2 aliphatic rings. The Labute approximate surface area is 111 Å². The van der Waals surface area contributed by atoms with Gasteiger partial charge in [-0.2, -0.15) is 0 Å². The number of hydrogen-bond donors (Lipinski definition) is 1. The van der Waals surface area contributed by atoms with Crippen LogP contribution >= 0.6 is 0 Å². The molecule has 2 fully saturated rings. The zero-order chi connectivity index (χ0) is 13.0. The van der Waals surface area contributed by atoms with Crippen LogP contribution in [0.2, 0.25) is 0 Å². The molecule has 2 saturated heterocycles. The first-order valence-electron chi connectivity index (χ1n) is 7.23. The molecule has 0 aromatic carbocycles. The third-order valence-electron chi connectivity index (χ3n) is 4.32. The normalized spacial score (nSPS) is 38.2. The largest absolute Gasteiger partial charge is 0.377 e. The van der Waals surface area contributed by atoms with E-state index in [9.17, 15) is 0 Å². The summed E-state index contributed by atoms with van der Waals surface area (Å²) in [5.41, 5.74) is 0.0429. The molecule has 2 heterocycles. The van der Waals surface area contributed by atoms with Crippen molar-refractivity contribution in [3.05, 3.63) is 0 Å². The molecule has 0 aromatic rings. The molecule has 3 unspecified atom stereocenters. The number of likely N-dealkylation sites (N-methyl/N-ethyl adjacent to an activating group) is 1. The molecule has 18 heavy (non-hydrogen) atoms. The van der Waals surface area contributed by atoms with E-state index < -0.39 is 0 Å². The van der Waals surface area contributed by atoms with Crippen molar-refractivity contribution in [1.82, 2.24) is 10.2 Å². The fourth-order valence-electron chi connectivity index (χ4n) is 3.21. The lowest BCUT2D eigenvalue weighted by atomic mass is 9.94. The molecule has 0 bridgehead atoms. The first-order valence-corrected chi connectivity index (χ1v) is 7.23. The Morgan fingerprint density at radius 2 is 2.17 bits per heavy atom. The lowest BCUT2D eigenvalue weighted by Gasteiger charge is -2.40. The lowest BCUT2D eigenvalue weighted by molar-refractivity contribution is -0.0637. The second kappa shape index (κ2) is 6.33. The van der Waals surface area contributed by atoms with Gasteiger partial charge in [-0.3, -0.25) is 4.90 Å². The van der Waals surface area contributed by atoms with E-state index in [4.69, 9.17) is 9.47 Å². The monoisotopic (exact) mass is 256 g/mol. The number of methoxy groups -OCH3 is 1. The smallest absolute Gasteiger partial charge is 0.0777 e. The number of piperidine rings is 1. The predicted octanol–water partition coefficient (Wildman–Crippen LogP) is 1.25. The minimum Gasteiger partial charge on any atom is -0.377 e. The van der Waals surface area contributed by atoms with E-state index in [1.165, 1.54) is 32.2 Å². The molecule has 0 aromatic heterocycles. The summed E-state index contributed by atoms with van der Waals surface area (Å²) < 4.78 is 11.7. The molecule has 106 valence electrons. The van der Waals surface area contributed by atoms with Crippen molar-refractivity contribution in [1.29, 1.82) is 0 Å². The SMILES string of the molecule is CNCC1CCC(CN2CCCC(C)(OC)C2)O1. The summed E-state index contributed by atoms with van der Waals surface area (Å²) in [6.45, 7) is 6.50. The summed E-state index contributed by atoms with van der Waals surface area (Å²) in [4.78, 5) is 2.51. The van der Waals surface area contributed by atoms with Gasteiger partial charge in [0.15, 0.2) is 0 Å². The first kappa shape index (κ1) is 14.3. The highest BCUT2D eigenvalue weighted by atomic mass is 16.5. The number of ether oxygens (including phenoxy) is 2. The number of hydrogen-bond acceptors (Lipinski definition) is 4. The van der Waals surface area contributed by atoms with Crippen LogP contribution in [0.25, 0.3) is 0 Å². The molecule has 1 N–H and O–H groups in total. The molecule has 0 aliphatic carbocycles. The van der Waals surface area contributed by atoms with Crippen molar-refractivity contribution < 1.29 is 9.47 Å². The lowest BCUT2D eigenvalue weighted by Crippen LogP contribution is -2.49. The van der Waals surface area contributed by atoms with Gasteiger partial charge in [-0.1, -0.05) is 0 Å². The Kier molecular flexibility index (Phi) is 5.01. The Morgan fingerprint density at radius 1 is 1.39 bits per heavy atom. The van der Waals surface area contributed by atoms with Gasteiger partial charge in [-0.25, -0.2) is 0 Å². The summed E-state index contributed by atoms with van der Waals surface area (Å²) >= 11 is 0. The highest BCUT2D eigenvalue weighted by molar-refractivity contribution is 4.87. The second-order valence-electron chi connectivity index (χ2n) is 6.01. The van der Waals surface area contributed by atoms with Gasteiger partial charge in [0.25, 0.3) is 0 Å². The number of likely N-dealkylation sites (tertiary alicyclic amines) is 1. The van der Waals surface area contributed by atoms with Crippen LogP contribution in [0.1, 0.15) is 32.6 Å². The zero-order valence-electron chi connectivity index (χ0n) is 12.1. The summed E-state index contributed by atoms with van der Waals surface area (Å²) in [7, 11) is 3.82. The highest BCUT2D eigenvalue weighted by Gasteiger charge is 2.33. The molecule has 2 rings (SSSR count). The van der Waals surface area contributed by atoms with Gasteiger partial charge in [0.2, 0.25) is 0 Å². The van der Waals surface area contributed by atoms with E-state index in [-0.39, 0.29) is 5.60 Å². The van der Waals surface area contributed by atoms with Crippen LogP contribution in [0.3, 0.4) is 0 Å². The molecule has 4 heteroatoms. The van der Waals surface area contributed by atoms with E-state index in [1.54, 1.807) is 0 Å². The maximum absolute atomic E-state index is 6.06. The van der Waals surface area contributed by atoms with Crippen molar-refractivity contribution >= 4 is 0 Å². The van der Waals surface area contributed by atoms with Crippen LogP contribution < -0.4 is 5.32 Å². The van der Waals surface area contributed by atoms with Crippen LogP contribution in [0.15, 0.2) is 0 Å². The van der Waals surface area contributed by atoms with Crippen molar-refractivity contribution in [2.24, 2.45) is 0 Å². The summed E-state index contributed by atoms with van der Waals surface area (Å²) in [6.07, 6.45) is 5.64. The molecule has 4 nitrogen and oxygen atoms in total. The van der Waals surface area contributed by atoms with E-state index >= 15 is 0 Å². The van der Waals surface area contributed by atoms with Crippen LogP contribution in [0.4, 0.5) is 0 Å². The van der Waals surface area contributed by atoms with Gasteiger partial charge in [-0.15, -0.1) is 0 Å². The second-order valence-corrected chi connectivity index (χ2v) is 6.01. The van der Waals surface area contributed by atoms with Crippen molar-refractivity contribution in [2.45, 2.75) is 50.4 Å². The minimum absolute atomic E-state index is 0.0429. The van der Waals surface area contributed by atoms with Crippen molar-refractivity contribution in [3.63, 3.8) is 0 Å². The van der Waals surface area contributed by atoms with Crippen molar-refractivity contribution in [2.75, 3.05) is 40.3 Å². The van der Waals surface area contributed by atoms with Gasteiger partial charge < -0.3 is 14.8 Å². The molecule has 2 aliphatic heterocycles. The van der Waals surface area contributed by atoms with Gasteiger partial charge >= 0.3 is 0 Å². The summed E-state index contributed by atoms with van der Waals surface area (Å²) in [5.74, 6) is 0. The van der Waals surface area contributed by atoms with Gasteiger partial charge in [0.1, 0.15) is 0 Å². The van der Waals surface area contributed by atoms with Gasteiger partial charge in [0.05, 0.1) is 17.8 Å². The Hall–Kier alpha value is -0.160. The van der Waals surface area contributed by atoms with E-state index in [0.717, 1.165) is 19.6 Å². The Bertz CT molecular complexity index is 262. The molecule has 0 amide bonds. The minimum atomic E-state index is 0.0429. The third-order valence-corrected chi connectivity index (χ3v) is 4.32. The predicted molar refractivity (Wildman–Crippen MR) is 72.9 cm³/mol. The number of nitrogens with zero attached hydrogens (tertiary/aromatic N) is 1. The molecular weight excluding hydrogens is 228 g/mol. The third kappa shape index (κ3) is 3.67.